The van der Waals surface area contributed by atoms with Gasteiger partial charge >= 0.3 is 0 Å². The van der Waals surface area contributed by atoms with Gasteiger partial charge in [-0.3, -0.25) is 5.10 Å². The molecule has 102 valence electrons. The SMILES string of the molecule is Clc1cccc2cnc(Nc3ccc4cn[nH]c4c3)nc12. The number of hydrogen-bond donors (Lipinski definition) is 2. The van der Waals surface area contributed by atoms with Crippen LogP contribution < -0.4 is 5.32 Å². The van der Waals surface area contributed by atoms with Crippen LogP contribution in [0, 0.1) is 0 Å². The van der Waals surface area contributed by atoms with Gasteiger partial charge in [-0.05, 0) is 24.3 Å². The van der Waals surface area contributed by atoms with E-state index in [4.69, 9.17) is 11.6 Å². The van der Waals surface area contributed by atoms with E-state index in [1.54, 1.807) is 12.4 Å². The van der Waals surface area contributed by atoms with E-state index in [2.05, 4.69) is 25.5 Å². The molecular formula is C15H10ClN5. The number of fused-ring (bicyclic) bond motifs is 2. The summed E-state index contributed by atoms with van der Waals surface area (Å²) in [6.07, 6.45) is 3.54. The fraction of sp³-hybridized carbons (Fsp3) is 0. The van der Waals surface area contributed by atoms with E-state index in [0.717, 1.165) is 27.5 Å². The first kappa shape index (κ1) is 12.1. The van der Waals surface area contributed by atoms with Gasteiger partial charge in [-0.1, -0.05) is 23.7 Å². The van der Waals surface area contributed by atoms with Crippen LogP contribution in [0.1, 0.15) is 0 Å². The summed E-state index contributed by atoms with van der Waals surface area (Å²) in [5.74, 6) is 0.509. The van der Waals surface area contributed by atoms with Gasteiger partial charge in [0.25, 0.3) is 0 Å². The average molecular weight is 296 g/mol. The molecule has 0 aliphatic heterocycles. The van der Waals surface area contributed by atoms with Gasteiger partial charge in [0, 0.05) is 22.7 Å². The van der Waals surface area contributed by atoms with Crippen LogP contribution in [0.2, 0.25) is 5.02 Å². The maximum Gasteiger partial charge on any atom is 0.227 e. The number of hydrogen-bond acceptors (Lipinski definition) is 4. The number of para-hydroxylation sites is 1. The first-order valence-corrected chi connectivity index (χ1v) is 6.79. The molecule has 4 rings (SSSR count). The van der Waals surface area contributed by atoms with Gasteiger partial charge in [-0.15, -0.1) is 0 Å². The second kappa shape index (κ2) is 4.71. The normalized spacial score (nSPS) is 11.1. The summed E-state index contributed by atoms with van der Waals surface area (Å²) in [7, 11) is 0. The minimum atomic E-state index is 0.509. The number of rotatable bonds is 2. The molecule has 0 aliphatic carbocycles. The highest BCUT2D eigenvalue weighted by atomic mass is 35.5. The van der Waals surface area contributed by atoms with Gasteiger partial charge in [0.05, 0.1) is 22.3 Å². The Morgan fingerprint density at radius 2 is 2.00 bits per heavy atom. The van der Waals surface area contributed by atoms with Crippen molar-refractivity contribution >= 4 is 45.0 Å². The molecule has 5 nitrogen and oxygen atoms in total. The number of nitrogens with one attached hydrogen (secondary N) is 2. The lowest BCUT2D eigenvalue weighted by Crippen LogP contribution is -1.97. The molecule has 0 fully saturated rings. The Morgan fingerprint density at radius 1 is 1.05 bits per heavy atom. The van der Waals surface area contributed by atoms with Crippen LogP contribution in [0.4, 0.5) is 11.6 Å². The molecule has 0 saturated carbocycles. The van der Waals surface area contributed by atoms with Crippen molar-refractivity contribution in [2.24, 2.45) is 0 Å². The molecule has 0 aliphatic rings. The molecule has 2 heterocycles. The zero-order valence-electron chi connectivity index (χ0n) is 10.8. The fourth-order valence-corrected chi connectivity index (χ4v) is 2.45. The first-order valence-electron chi connectivity index (χ1n) is 6.41. The van der Waals surface area contributed by atoms with E-state index < -0.39 is 0 Å². The van der Waals surface area contributed by atoms with Gasteiger partial charge in [0.1, 0.15) is 0 Å². The van der Waals surface area contributed by atoms with E-state index in [-0.39, 0.29) is 0 Å². The van der Waals surface area contributed by atoms with Crippen LogP contribution in [-0.2, 0) is 0 Å². The number of H-pyrrole nitrogens is 1. The Hall–Kier alpha value is -2.66. The van der Waals surface area contributed by atoms with Crippen LogP contribution in [0.15, 0.2) is 48.8 Å². The third kappa shape index (κ3) is 2.17. The molecule has 0 unspecified atom stereocenters. The maximum atomic E-state index is 6.16. The van der Waals surface area contributed by atoms with Gasteiger partial charge in [0.2, 0.25) is 5.95 Å². The Kier molecular flexibility index (Phi) is 2.72. The zero-order valence-corrected chi connectivity index (χ0v) is 11.6. The van der Waals surface area contributed by atoms with Crippen molar-refractivity contribution in [1.82, 2.24) is 20.2 Å². The minimum absolute atomic E-state index is 0.509. The highest BCUT2D eigenvalue weighted by molar-refractivity contribution is 6.35. The molecule has 0 amide bonds. The smallest absolute Gasteiger partial charge is 0.227 e. The third-order valence-electron chi connectivity index (χ3n) is 3.26. The molecule has 2 aromatic heterocycles. The van der Waals surface area contributed by atoms with Gasteiger partial charge in [-0.2, -0.15) is 5.10 Å². The fourth-order valence-electron chi connectivity index (χ4n) is 2.22. The van der Waals surface area contributed by atoms with Crippen LogP contribution in [-0.4, -0.2) is 20.2 Å². The van der Waals surface area contributed by atoms with E-state index in [1.807, 2.05) is 36.4 Å². The molecule has 0 atom stereocenters. The van der Waals surface area contributed by atoms with Gasteiger partial charge in [-0.25, -0.2) is 9.97 Å². The first-order chi connectivity index (χ1) is 10.3. The molecule has 2 N–H and O–H groups in total. The molecule has 0 bridgehead atoms. The van der Waals surface area contributed by atoms with Crippen LogP contribution in [0.25, 0.3) is 21.8 Å². The predicted octanol–water partition coefficient (Wildman–Crippen LogP) is 3.90. The summed E-state index contributed by atoms with van der Waals surface area (Å²) in [5.41, 5.74) is 2.58. The number of benzene rings is 2. The van der Waals surface area contributed by atoms with Crippen LogP contribution >= 0.6 is 11.6 Å². The number of aromatic nitrogens is 4. The number of halogens is 1. The molecule has 4 aromatic rings. The maximum absolute atomic E-state index is 6.16. The van der Waals surface area contributed by atoms with Gasteiger partial charge < -0.3 is 5.32 Å². The summed E-state index contributed by atoms with van der Waals surface area (Å²) >= 11 is 6.16. The molecule has 6 heteroatoms. The topological polar surface area (TPSA) is 66.5 Å². The summed E-state index contributed by atoms with van der Waals surface area (Å²) in [4.78, 5) is 8.76. The summed E-state index contributed by atoms with van der Waals surface area (Å²) in [5, 5.41) is 12.7. The van der Waals surface area contributed by atoms with E-state index in [0.29, 0.717) is 11.0 Å². The number of nitrogens with zero attached hydrogens (tertiary/aromatic N) is 3. The van der Waals surface area contributed by atoms with Crippen molar-refractivity contribution in [3.05, 3.63) is 53.8 Å². The minimum Gasteiger partial charge on any atom is -0.324 e. The zero-order chi connectivity index (χ0) is 14.2. The Morgan fingerprint density at radius 3 is 2.95 bits per heavy atom. The third-order valence-corrected chi connectivity index (χ3v) is 3.56. The average Bonchev–Trinajstić information content (AvgIpc) is 2.96. The summed E-state index contributed by atoms with van der Waals surface area (Å²) in [6, 6.07) is 11.5. The lowest BCUT2D eigenvalue weighted by atomic mass is 10.2. The largest absolute Gasteiger partial charge is 0.324 e. The lowest BCUT2D eigenvalue weighted by molar-refractivity contribution is 1.12. The Balaban J connectivity index is 1.74. The van der Waals surface area contributed by atoms with Crippen molar-refractivity contribution in [2.75, 3.05) is 5.32 Å². The molecular weight excluding hydrogens is 286 g/mol. The lowest BCUT2D eigenvalue weighted by Gasteiger charge is -2.06. The monoisotopic (exact) mass is 295 g/mol. The standard InChI is InChI=1S/C15H10ClN5/c16-12-3-1-2-10-7-17-15(20-14(10)12)19-11-5-4-9-8-18-21-13(9)6-11/h1-8H,(H,18,21)(H,17,19,20). The van der Waals surface area contributed by atoms with Crippen LogP contribution in [0.5, 0.6) is 0 Å². The van der Waals surface area contributed by atoms with Gasteiger partial charge in [0.15, 0.2) is 0 Å². The second-order valence-electron chi connectivity index (χ2n) is 4.67. The Labute approximate surface area is 125 Å². The highest BCUT2D eigenvalue weighted by Crippen LogP contribution is 2.23. The van der Waals surface area contributed by atoms with Crippen molar-refractivity contribution in [1.29, 1.82) is 0 Å². The Bertz CT molecular complexity index is 947. The van der Waals surface area contributed by atoms with Crippen molar-refractivity contribution < 1.29 is 0 Å². The summed E-state index contributed by atoms with van der Waals surface area (Å²) < 4.78 is 0. The molecule has 0 radical (unpaired) electrons. The number of anilines is 2. The van der Waals surface area contributed by atoms with Crippen LogP contribution in [0.3, 0.4) is 0 Å². The van der Waals surface area contributed by atoms with Crippen molar-refractivity contribution in [2.45, 2.75) is 0 Å². The van der Waals surface area contributed by atoms with Crippen molar-refractivity contribution in [3.63, 3.8) is 0 Å². The molecule has 2 aromatic carbocycles. The molecule has 0 saturated heterocycles. The van der Waals surface area contributed by atoms with E-state index in [9.17, 15) is 0 Å². The molecule has 21 heavy (non-hydrogen) atoms. The van der Waals surface area contributed by atoms with E-state index >= 15 is 0 Å². The highest BCUT2D eigenvalue weighted by Gasteiger charge is 2.04. The summed E-state index contributed by atoms with van der Waals surface area (Å²) in [6.45, 7) is 0. The second-order valence-corrected chi connectivity index (χ2v) is 5.08. The van der Waals surface area contributed by atoms with Crippen molar-refractivity contribution in [3.8, 4) is 0 Å². The predicted molar refractivity (Wildman–Crippen MR) is 83.9 cm³/mol. The number of aromatic amines is 1. The molecule has 0 spiro atoms. The quantitative estimate of drug-likeness (QED) is 0.588. The van der Waals surface area contributed by atoms with E-state index in [1.165, 1.54) is 0 Å².